The Labute approximate surface area is 315 Å². The average molecular weight is 738 g/mol. The van der Waals surface area contributed by atoms with E-state index in [4.69, 9.17) is 28.4 Å². The van der Waals surface area contributed by atoms with Gasteiger partial charge in [0.05, 0.1) is 58.3 Å². The number of nitrogens with zero attached hydrogens (tertiary/aromatic N) is 1. The number of ether oxygens (including phenoxy) is 6. The highest BCUT2D eigenvalue weighted by atomic mass is 16.7. The van der Waals surface area contributed by atoms with Gasteiger partial charge in [-0.1, -0.05) is 78.9 Å². The van der Waals surface area contributed by atoms with Crippen LogP contribution in [0.25, 0.3) is 10.8 Å². The molecule has 11 nitrogen and oxygen atoms in total. The lowest BCUT2D eigenvalue weighted by Crippen LogP contribution is -2.54. The zero-order chi connectivity index (χ0) is 37.7. The van der Waals surface area contributed by atoms with E-state index in [1.54, 1.807) is 42.3 Å². The Morgan fingerprint density at radius 1 is 0.741 bits per heavy atom. The molecule has 284 valence electrons. The number of hydrogen-bond donors (Lipinski definition) is 3. The SMILES string of the molecule is COCOC1CN(C(=O)OCc2cccc(CO)c2)CC(OCc2cc(O)c3ccccc3c2)C1c1ccc(OCCCOCc2ccccc2O)cc1. The van der Waals surface area contributed by atoms with Gasteiger partial charge >= 0.3 is 6.09 Å². The largest absolute Gasteiger partial charge is 0.508 e. The fraction of sp³-hybridized carbons (Fsp3) is 0.326. The lowest BCUT2D eigenvalue weighted by atomic mass is 9.84. The van der Waals surface area contributed by atoms with Crippen LogP contribution in [0.3, 0.4) is 0 Å². The number of piperidine rings is 1. The van der Waals surface area contributed by atoms with Crippen molar-refractivity contribution in [1.29, 1.82) is 0 Å². The van der Waals surface area contributed by atoms with Crippen molar-refractivity contribution in [2.24, 2.45) is 0 Å². The van der Waals surface area contributed by atoms with Crippen molar-refractivity contribution in [1.82, 2.24) is 4.90 Å². The molecule has 6 rings (SSSR count). The van der Waals surface area contributed by atoms with Crippen molar-refractivity contribution in [2.75, 3.05) is 40.2 Å². The van der Waals surface area contributed by atoms with E-state index in [2.05, 4.69) is 0 Å². The molecule has 5 aromatic carbocycles. The summed E-state index contributed by atoms with van der Waals surface area (Å²) < 4.78 is 35.6. The molecule has 1 fully saturated rings. The number of benzene rings is 5. The van der Waals surface area contributed by atoms with Crippen LogP contribution in [-0.2, 0) is 50.1 Å². The lowest BCUT2D eigenvalue weighted by Gasteiger charge is -2.43. The summed E-state index contributed by atoms with van der Waals surface area (Å²) in [5.74, 6) is 0.790. The number of fused-ring (bicyclic) bond motifs is 1. The molecule has 0 aromatic heterocycles. The number of phenols is 2. The first-order valence-corrected chi connectivity index (χ1v) is 18.0. The Hall–Kier alpha value is -5.17. The maximum absolute atomic E-state index is 13.5. The normalized spacial score (nSPS) is 17.1. The van der Waals surface area contributed by atoms with E-state index in [0.29, 0.717) is 32.0 Å². The number of aliphatic hydroxyl groups is 1. The third-order valence-corrected chi connectivity index (χ3v) is 9.38. The number of rotatable bonds is 17. The van der Waals surface area contributed by atoms with Crippen LogP contribution >= 0.6 is 0 Å². The average Bonchev–Trinajstić information content (AvgIpc) is 3.20. The van der Waals surface area contributed by atoms with Crippen LogP contribution in [-0.4, -0.2) is 78.7 Å². The molecule has 11 heteroatoms. The maximum atomic E-state index is 13.5. The first-order valence-electron chi connectivity index (χ1n) is 18.0. The van der Waals surface area contributed by atoms with E-state index < -0.39 is 18.3 Å². The van der Waals surface area contributed by atoms with Gasteiger partial charge in [-0.05, 0) is 58.0 Å². The van der Waals surface area contributed by atoms with Gasteiger partial charge in [0.1, 0.15) is 30.6 Å². The number of aliphatic hydroxyl groups excluding tert-OH is 1. The lowest BCUT2D eigenvalue weighted by molar-refractivity contribution is -0.132. The molecule has 5 aromatic rings. The van der Waals surface area contributed by atoms with Crippen molar-refractivity contribution in [2.45, 2.75) is 51.0 Å². The van der Waals surface area contributed by atoms with Gasteiger partial charge < -0.3 is 48.6 Å². The summed E-state index contributed by atoms with van der Waals surface area (Å²) in [6, 6.07) is 33.5. The monoisotopic (exact) mass is 737 g/mol. The van der Waals surface area contributed by atoms with E-state index >= 15 is 0 Å². The molecule has 0 aliphatic carbocycles. The second-order valence-electron chi connectivity index (χ2n) is 13.2. The molecule has 1 heterocycles. The van der Waals surface area contributed by atoms with Crippen LogP contribution in [0, 0.1) is 0 Å². The van der Waals surface area contributed by atoms with Crippen molar-refractivity contribution in [3.8, 4) is 17.2 Å². The van der Waals surface area contributed by atoms with Crippen molar-refractivity contribution < 1.29 is 48.5 Å². The van der Waals surface area contributed by atoms with E-state index in [-0.39, 0.29) is 57.1 Å². The summed E-state index contributed by atoms with van der Waals surface area (Å²) in [5, 5.41) is 31.9. The Bertz CT molecular complexity index is 1950. The molecule has 0 saturated carbocycles. The number of likely N-dealkylation sites (tertiary alicyclic amines) is 1. The first kappa shape index (κ1) is 38.6. The zero-order valence-corrected chi connectivity index (χ0v) is 30.3. The van der Waals surface area contributed by atoms with Gasteiger partial charge in [-0.2, -0.15) is 0 Å². The van der Waals surface area contributed by atoms with Crippen molar-refractivity contribution >= 4 is 16.9 Å². The molecule has 54 heavy (non-hydrogen) atoms. The van der Waals surface area contributed by atoms with Gasteiger partial charge in [0.2, 0.25) is 0 Å². The molecule has 1 aliphatic rings. The molecule has 0 bridgehead atoms. The van der Waals surface area contributed by atoms with E-state index in [1.165, 1.54) is 0 Å². The van der Waals surface area contributed by atoms with Gasteiger partial charge in [-0.25, -0.2) is 4.79 Å². The molecule has 3 atom stereocenters. The summed E-state index contributed by atoms with van der Waals surface area (Å²) >= 11 is 0. The Kier molecular flexibility index (Phi) is 13.7. The second kappa shape index (κ2) is 19.2. The molecule has 0 spiro atoms. The summed E-state index contributed by atoms with van der Waals surface area (Å²) in [6.45, 7) is 1.85. The minimum absolute atomic E-state index is 0.0103. The van der Waals surface area contributed by atoms with E-state index in [1.807, 2.05) is 78.9 Å². The van der Waals surface area contributed by atoms with Crippen molar-refractivity contribution in [3.63, 3.8) is 0 Å². The van der Waals surface area contributed by atoms with Crippen molar-refractivity contribution in [3.05, 3.63) is 137 Å². The van der Waals surface area contributed by atoms with Gasteiger partial charge in [-0.15, -0.1) is 0 Å². The fourth-order valence-electron chi connectivity index (χ4n) is 6.67. The smallest absolute Gasteiger partial charge is 0.410 e. The van der Waals surface area contributed by atoms with Crippen LogP contribution < -0.4 is 4.74 Å². The predicted octanol–water partition coefficient (Wildman–Crippen LogP) is 7.04. The molecule has 3 N–H and O–H groups in total. The number of amides is 1. The summed E-state index contributed by atoms with van der Waals surface area (Å²) in [5.41, 5.74) is 3.97. The Morgan fingerprint density at radius 3 is 2.30 bits per heavy atom. The number of phenolic OH excluding ortho intramolecular Hbond substituents is 2. The highest BCUT2D eigenvalue weighted by Crippen LogP contribution is 2.35. The van der Waals surface area contributed by atoms with Crippen LogP contribution in [0.2, 0.25) is 0 Å². The van der Waals surface area contributed by atoms with Crippen LogP contribution in [0.4, 0.5) is 4.79 Å². The molecule has 3 unspecified atom stereocenters. The minimum Gasteiger partial charge on any atom is -0.508 e. The van der Waals surface area contributed by atoms with Crippen LogP contribution in [0.5, 0.6) is 17.2 Å². The minimum atomic E-state index is -0.521. The van der Waals surface area contributed by atoms with Gasteiger partial charge in [0, 0.05) is 30.4 Å². The van der Waals surface area contributed by atoms with Gasteiger partial charge in [0.25, 0.3) is 0 Å². The maximum Gasteiger partial charge on any atom is 0.410 e. The number of carbonyl (C=O) groups excluding carboxylic acids is 1. The van der Waals surface area contributed by atoms with E-state index in [0.717, 1.165) is 38.6 Å². The number of hydrogen-bond acceptors (Lipinski definition) is 10. The van der Waals surface area contributed by atoms with Gasteiger partial charge in [0.15, 0.2) is 0 Å². The topological polar surface area (TPSA) is 136 Å². The second-order valence-corrected chi connectivity index (χ2v) is 13.2. The Morgan fingerprint density at radius 2 is 1.50 bits per heavy atom. The summed E-state index contributed by atoms with van der Waals surface area (Å²) in [7, 11) is 1.55. The molecular weight excluding hydrogens is 690 g/mol. The molecule has 1 saturated heterocycles. The number of methoxy groups -OCH3 is 1. The third-order valence-electron chi connectivity index (χ3n) is 9.38. The number of carbonyl (C=O) groups is 1. The summed E-state index contributed by atoms with van der Waals surface area (Å²) in [6.07, 6.45) is -0.872. The van der Waals surface area contributed by atoms with Gasteiger partial charge in [-0.3, -0.25) is 0 Å². The Balaban J connectivity index is 1.15. The molecule has 1 amide bonds. The summed E-state index contributed by atoms with van der Waals surface area (Å²) in [4.78, 5) is 15.1. The zero-order valence-electron chi connectivity index (χ0n) is 30.3. The van der Waals surface area contributed by atoms with E-state index in [9.17, 15) is 20.1 Å². The standard InChI is InChI=1S/C43H47NO10/c1-49-29-54-41-24-44(43(48)53-26-31-9-6-8-30(20-31)25-45)23-40(52-27-32-21-34-10-2-4-12-37(34)39(47)22-32)42(41)33-14-16-36(17-15-33)51-19-7-18-50-28-35-11-3-5-13-38(35)46/h2-6,8-17,20-22,40-42,45-47H,7,18-19,23-29H2,1H3. The first-order chi connectivity index (χ1) is 26.4. The van der Waals surface area contributed by atoms with Crippen LogP contribution in [0.1, 0.15) is 40.2 Å². The fourth-order valence-corrected chi connectivity index (χ4v) is 6.67. The predicted molar refractivity (Wildman–Crippen MR) is 202 cm³/mol. The highest BCUT2D eigenvalue weighted by Gasteiger charge is 2.41. The third kappa shape index (κ3) is 10.3. The highest BCUT2D eigenvalue weighted by molar-refractivity contribution is 5.88. The number of para-hydroxylation sites is 1. The quantitative estimate of drug-likeness (QED) is 0.0674. The molecule has 0 radical (unpaired) electrons. The number of aromatic hydroxyl groups is 2. The molecule has 1 aliphatic heterocycles. The molecular formula is C43H47NO10. The van der Waals surface area contributed by atoms with Crippen LogP contribution in [0.15, 0.2) is 109 Å².